The Morgan fingerprint density at radius 1 is 0.585 bits per heavy atom. The fourth-order valence-corrected chi connectivity index (χ4v) is 9.32. The lowest BCUT2D eigenvalue weighted by Gasteiger charge is -2.39. The van der Waals surface area contributed by atoms with Crippen molar-refractivity contribution in [2.75, 3.05) is 36.2 Å². The molecule has 1 saturated carbocycles. The molecule has 338 valence electrons. The topological polar surface area (TPSA) is 153 Å². The summed E-state index contributed by atoms with van der Waals surface area (Å²) in [5.74, 6) is 0.297. The molecule has 0 spiro atoms. The molecule has 12 heteroatoms. The molecule has 2 saturated heterocycles. The highest BCUT2D eigenvalue weighted by molar-refractivity contribution is 6.08. The monoisotopic (exact) mass is 874 g/mol. The molecule has 65 heavy (non-hydrogen) atoms. The third-order valence-corrected chi connectivity index (χ3v) is 13.8. The van der Waals surface area contributed by atoms with E-state index in [1.807, 2.05) is 105 Å². The number of nitrogens with zero attached hydrogens (tertiary/aromatic N) is 6. The number of piperidine rings is 2. The summed E-state index contributed by atoms with van der Waals surface area (Å²) in [5, 5.41) is 27.7. The van der Waals surface area contributed by atoms with Gasteiger partial charge in [-0.05, 0) is 148 Å². The summed E-state index contributed by atoms with van der Waals surface area (Å²) in [5.41, 5.74) is 6.46. The maximum atomic E-state index is 15.0. The third-order valence-electron chi connectivity index (χ3n) is 13.8. The normalized spacial score (nSPS) is 16.6. The van der Waals surface area contributed by atoms with Crippen LogP contribution in [0.25, 0.3) is 0 Å². The smallest absolute Gasteiger partial charge is 0.339 e. The Labute approximate surface area is 384 Å². The second kappa shape index (κ2) is 20.9. The van der Waals surface area contributed by atoms with Crippen molar-refractivity contribution in [3.8, 4) is 12.1 Å². The van der Waals surface area contributed by atoms with E-state index in [9.17, 15) is 24.9 Å². The predicted molar refractivity (Wildman–Crippen MR) is 254 cm³/mol. The van der Waals surface area contributed by atoms with Gasteiger partial charge in [-0.1, -0.05) is 69.5 Å². The van der Waals surface area contributed by atoms with E-state index in [0.717, 1.165) is 68.9 Å². The number of hydrazine groups is 1. The van der Waals surface area contributed by atoms with Crippen LogP contribution in [0.1, 0.15) is 144 Å². The van der Waals surface area contributed by atoms with Crippen LogP contribution in [0, 0.1) is 42.4 Å². The van der Waals surface area contributed by atoms with Crippen molar-refractivity contribution in [3.63, 3.8) is 0 Å². The van der Waals surface area contributed by atoms with E-state index in [4.69, 9.17) is 0 Å². The Kier molecular flexibility index (Phi) is 14.9. The molecule has 1 unspecified atom stereocenters. The molecule has 3 fully saturated rings. The van der Waals surface area contributed by atoms with Crippen LogP contribution in [0.3, 0.4) is 0 Å². The van der Waals surface area contributed by atoms with Gasteiger partial charge >= 0.3 is 12.1 Å². The van der Waals surface area contributed by atoms with Crippen LogP contribution in [0.5, 0.6) is 0 Å². The van der Waals surface area contributed by atoms with E-state index in [1.54, 1.807) is 24.3 Å². The first-order valence-corrected chi connectivity index (χ1v) is 23.4. The third kappa shape index (κ3) is 10.8. The Hall–Kier alpha value is -6.66. The lowest BCUT2D eigenvalue weighted by Crippen LogP contribution is -2.60. The van der Waals surface area contributed by atoms with E-state index >= 15 is 4.79 Å². The minimum atomic E-state index is -0.540. The highest BCUT2D eigenvalue weighted by Gasteiger charge is 2.36. The van der Waals surface area contributed by atoms with Crippen LogP contribution in [0.15, 0.2) is 84.9 Å². The number of anilines is 2. The van der Waals surface area contributed by atoms with E-state index in [0.29, 0.717) is 70.9 Å². The van der Waals surface area contributed by atoms with Crippen molar-refractivity contribution in [1.82, 2.24) is 20.4 Å². The van der Waals surface area contributed by atoms with E-state index < -0.39 is 12.1 Å². The fourth-order valence-electron chi connectivity index (χ4n) is 9.32. The van der Waals surface area contributed by atoms with Gasteiger partial charge in [0.1, 0.15) is 0 Å². The van der Waals surface area contributed by atoms with Crippen molar-refractivity contribution in [2.45, 2.75) is 116 Å². The molecule has 12 nitrogen and oxygen atoms in total. The lowest BCUT2D eigenvalue weighted by atomic mass is 9.89. The number of urea groups is 2. The summed E-state index contributed by atoms with van der Waals surface area (Å²) < 4.78 is 0. The molecule has 3 aliphatic rings. The molecule has 0 aromatic heterocycles. The molecular weight excluding hydrogens is 813 g/mol. The van der Waals surface area contributed by atoms with Crippen molar-refractivity contribution < 1.29 is 19.2 Å². The van der Waals surface area contributed by atoms with Crippen molar-refractivity contribution in [2.24, 2.45) is 5.92 Å². The number of rotatable bonds is 9. The van der Waals surface area contributed by atoms with Gasteiger partial charge in [0.25, 0.3) is 11.8 Å². The molecule has 1 aliphatic carbocycles. The number of hydrogen-bond donors (Lipinski definition) is 2. The van der Waals surface area contributed by atoms with Crippen LogP contribution in [-0.4, -0.2) is 71.9 Å². The number of likely N-dealkylation sites (tertiary alicyclic amines) is 2. The van der Waals surface area contributed by atoms with Crippen molar-refractivity contribution in [3.05, 3.63) is 129 Å². The number of carbonyl (C=O) groups is 4. The molecule has 2 N–H and O–H groups in total. The zero-order valence-corrected chi connectivity index (χ0v) is 38.5. The number of nitriles is 2. The molecule has 6 amide bonds. The first-order valence-electron chi connectivity index (χ1n) is 23.4. The number of hydrogen-bond acceptors (Lipinski definition) is 6. The molecule has 2 heterocycles. The standard InChI is InChI=1S/C53H62N8O4/c1-35(2)38(5)56-52(64)60(48-31-45(17-11-36(48)3)50(62)58-27-23-43(24-28-58)41-19-13-39(33-54)14-20-41)61(53(65)57-47-9-7-6-8-10-47)49-32-46(18-12-37(49)4)51(63)59-29-25-44(26-30-59)42-21-15-40(34-55)16-22-42/h11-22,31-32,35,38,43-44,47H,6-10,23-30H2,1-5H3,(H,56,64)(H,57,65). The van der Waals surface area contributed by atoms with Crippen molar-refractivity contribution >= 4 is 35.3 Å². The van der Waals surface area contributed by atoms with E-state index in [2.05, 4.69) is 22.8 Å². The van der Waals surface area contributed by atoms with Gasteiger partial charge in [-0.15, -0.1) is 0 Å². The highest BCUT2D eigenvalue weighted by Crippen LogP contribution is 2.35. The Morgan fingerprint density at radius 2 is 1.00 bits per heavy atom. The minimum Gasteiger partial charge on any atom is -0.339 e. The van der Waals surface area contributed by atoms with Gasteiger partial charge in [-0.25, -0.2) is 9.59 Å². The average molecular weight is 875 g/mol. The van der Waals surface area contributed by atoms with E-state index in [1.165, 1.54) is 10.0 Å². The number of amides is 6. The van der Waals surface area contributed by atoms with Crippen molar-refractivity contribution in [1.29, 1.82) is 10.5 Å². The molecule has 0 radical (unpaired) electrons. The summed E-state index contributed by atoms with van der Waals surface area (Å²) >= 11 is 0. The summed E-state index contributed by atoms with van der Waals surface area (Å²) in [6, 6.07) is 28.9. The molecule has 4 aromatic carbocycles. The second-order valence-corrected chi connectivity index (χ2v) is 18.5. The van der Waals surface area contributed by atoms with Gasteiger partial charge in [0.05, 0.1) is 34.6 Å². The number of aryl methyl sites for hydroxylation is 2. The quantitative estimate of drug-likeness (QED) is 0.160. The Balaban J connectivity index is 1.22. The first-order chi connectivity index (χ1) is 31.3. The number of benzene rings is 4. The minimum absolute atomic E-state index is 0.0790. The molecule has 1 atom stereocenters. The molecule has 7 rings (SSSR count). The maximum Gasteiger partial charge on any atom is 0.341 e. The molecular formula is C53H62N8O4. The van der Waals surface area contributed by atoms with Crippen LogP contribution in [-0.2, 0) is 0 Å². The van der Waals surface area contributed by atoms with Gasteiger partial charge < -0.3 is 20.4 Å². The van der Waals surface area contributed by atoms with Crippen LogP contribution in [0.4, 0.5) is 21.0 Å². The Bertz CT molecular complexity index is 2430. The number of nitrogens with one attached hydrogen (secondary N) is 2. The van der Waals surface area contributed by atoms with Crippen LogP contribution < -0.4 is 20.7 Å². The zero-order chi connectivity index (χ0) is 46.2. The average Bonchev–Trinajstić information content (AvgIpc) is 3.33. The van der Waals surface area contributed by atoms with Crippen LogP contribution >= 0.6 is 0 Å². The largest absolute Gasteiger partial charge is 0.341 e. The van der Waals surface area contributed by atoms with Crippen LogP contribution in [0.2, 0.25) is 0 Å². The second-order valence-electron chi connectivity index (χ2n) is 18.5. The SMILES string of the molecule is Cc1ccc(C(=O)N2CCC(c3ccc(C#N)cc3)CC2)cc1N(C(=O)NC1CCCCC1)N(C(=O)NC(C)C(C)C)c1cc(C(=O)N2CCC(c3ccc(C#N)cc3)CC2)ccc1C. The fraction of sp³-hybridized carbons (Fsp3) is 0.434. The highest BCUT2D eigenvalue weighted by atomic mass is 16.2. The maximum absolute atomic E-state index is 15.0. The van der Waals surface area contributed by atoms with E-state index in [-0.39, 0.29) is 41.7 Å². The molecule has 4 aromatic rings. The van der Waals surface area contributed by atoms with Gasteiger partial charge in [-0.2, -0.15) is 20.5 Å². The number of carbonyl (C=O) groups excluding carboxylic acids is 4. The van der Waals surface area contributed by atoms with Gasteiger partial charge in [-0.3, -0.25) is 9.59 Å². The summed E-state index contributed by atoms with van der Waals surface area (Å²) in [4.78, 5) is 62.4. The summed E-state index contributed by atoms with van der Waals surface area (Å²) in [6.45, 7) is 11.9. The Morgan fingerprint density at radius 3 is 1.40 bits per heavy atom. The lowest BCUT2D eigenvalue weighted by molar-refractivity contribution is 0.0705. The predicted octanol–water partition coefficient (Wildman–Crippen LogP) is 10.1. The summed E-state index contributed by atoms with van der Waals surface area (Å²) in [6.07, 6.45) is 7.80. The van der Waals surface area contributed by atoms with Gasteiger partial charge in [0, 0.05) is 49.4 Å². The first kappa shape index (κ1) is 46.3. The van der Waals surface area contributed by atoms with Gasteiger partial charge in [0.2, 0.25) is 0 Å². The zero-order valence-electron chi connectivity index (χ0n) is 38.5. The molecule has 2 aliphatic heterocycles. The van der Waals surface area contributed by atoms with Gasteiger partial charge in [0.15, 0.2) is 0 Å². The summed E-state index contributed by atoms with van der Waals surface area (Å²) in [7, 11) is 0. The molecule has 0 bridgehead atoms.